The summed E-state index contributed by atoms with van der Waals surface area (Å²) in [5, 5.41) is 9.70. The number of nitrogens with two attached hydrogens (primary N) is 1. The molecule has 0 bridgehead atoms. The average molecular weight is 259 g/mol. The molecule has 1 amide bonds. The molecule has 0 fully saturated rings. The Balaban J connectivity index is 1.83. The van der Waals surface area contributed by atoms with E-state index in [9.17, 15) is 4.79 Å². The molecule has 0 spiro atoms. The van der Waals surface area contributed by atoms with Crippen molar-refractivity contribution in [1.29, 1.82) is 0 Å². The van der Waals surface area contributed by atoms with E-state index in [1.165, 1.54) is 12.4 Å². The maximum absolute atomic E-state index is 11.5. The van der Waals surface area contributed by atoms with Gasteiger partial charge in [-0.1, -0.05) is 12.1 Å². The molecule has 7 heteroatoms. The number of rotatable bonds is 5. The summed E-state index contributed by atoms with van der Waals surface area (Å²) in [6.45, 7) is 0.347. The molecule has 7 nitrogen and oxygen atoms in total. The number of benzene rings is 1. The molecule has 1 heterocycles. The Kier molecular flexibility index (Phi) is 4.35. The van der Waals surface area contributed by atoms with E-state index in [-0.39, 0.29) is 18.5 Å². The van der Waals surface area contributed by atoms with Gasteiger partial charge in [-0.05, 0) is 17.7 Å². The minimum Gasteiger partial charge on any atom is -0.484 e. The van der Waals surface area contributed by atoms with Crippen molar-refractivity contribution in [3.63, 3.8) is 0 Å². The number of hydrogen-bond donors (Lipinski definition) is 2. The zero-order chi connectivity index (χ0) is 13.5. The highest BCUT2D eigenvalue weighted by atomic mass is 16.5. The van der Waals surface area contributed by atoms with E-state index in [2.05, 4.69) is 20.5 Å². The van der Waals surface area contributed by atoms with E-state index in [4.69, 9.17) is 10.5 Å². The number of carbonyl (C=O) groups excluding carboxylic acids is 1. The molecule has 0 aliphatic rings. The third-order valence-corrected chi connectivity index (χ3v) is 2.26. The average Bonchev–Trinajstić information content (AvgIpc) is 2.47. The van der Waals surface area contributed by atoms with Crippen molar-refractivity contribution >= 4 is 11.9 Å². The van der Waals surface area contributed by atoms with Crippen molar-refractivity contribution in [2.24, 2.45) is 5.73 Å². The Hall–Kier alpha value is -2.54. The molecule has 0 unspecified atom stereocenters. The van der Waals surface area contributed by atoms with Gasteiger partial charge in [-0.25, -0.2) is 4.98 Å². The Bertz CT molecular complexity index is 530. The molecule has 3 N–H and O–H groups in total. The summed E-state index contributed by atoms with van der Waals surface area (Å²) in [5.41, 5.74) is 6.48. The van der Waals surface area contributed by atoms with Crippen LogP contribution in [0.25, 0.3) is 0 Å². The van der Waals surface area contributed by atoms with Gasteiger partial charge in [-0.3, -0.25) is 10.1 Å². The van der Waals surface area contributed by atoms with Crippen LogP contribution in [-0.4, -0.2) is 27.7 Å². The van der Waals surface area contributed by atoms with Crippen LogP contribution in [-0.2, 0) is 11.3 Å². The number of aromatic nitrogens is 3. The van der Waals surface area contributed by atoms with Gasteiger partial charge in [0.25, 0.3) is 5.91 Å². The normalized spacial score (nSPS) is 9.95. The second kappa shape index (κ2) is 6.41. The van der Waals surface area contributed by atoms with Gasteiger partial charge >= 0.3 is 0 Å². The third kappa shape index (κ3) is 4.00. The molecule has 19 heavy (non-hydrogen) atoms. The van der Waals surface area contributed by atoms with Gasteiger partial charge in [-0.2, -0.15) is 5.10 Å². The van der Waals surface area contributed by atoms with E-state index in [0.29, 0.717) is 12.3 Å². The van der Waals surface area contributed by atoms with Crippen LogP contribution in [0.15, 0.2) is 36.7 Å². The first-order chi connectivity index (χ1) is 9.28. The number of nitrogens with zero attached hydrogens (tertiary/aromatic N) is 3. The quantitative estimate of drug-likeness (QED) is 0.803. The maximum Gasteiger partial charge on any atom is 0.264 e. The second-order valence-electron chi connectivity index (χ2n) is 3.65. The largest absolute Gasteiger partial charge is 0.484 e. The molecule has 98 valence electrons. The number of carbonyl (C=O) groups is 1. The van der Waals surface area contributed by atoms with E-state index < -0.39 is 0 Å². The van der Waals surface area contributed by atoms with E-state index in [1.54, 1.807) is 12.1 Å². The fraction of sp³-hybridized carbons (Fsp3) is 0.167. The van der Waals surface area contributed by atoms with Crippen molar-refractivity contribution in [3.05, 3.63) is 42.2 Å². The van der Waals surface area contributed by atoms with Crippen molar-refractivity contribution in [2.75, 3.05) is 11.9 Å². The topological polar surface area (TPSA) is 103 Å². The van der Waals surface area contributed by atoms with Crippen molar-refractivity contribution in [2.45, 2.75) is 6.54 Å². The van der Waals surface area contributed by atoms with Crippen molar-refractivity contribution < 1.29 is 9.53 Å². The number of hydrogen-bond acceptors (Lipinski definition) is 6. The molecular weight excluding hydrogens is 246 g/mol. The first-order valence-corrected chi connectivity index (χ1v) is 5.63. The van der Waals surface area contributed by atoms with Gasteiger partial charge < -0.3 is 10.5 Å². The smallest absolute Gasteiger partial charge is 0.264 e. The summed E-state index contributed by atoms with van der Waals surface area (Å²) < 4.78 is 5.31. The monoisotopic (exact) mass is 259 g/mol. The highest BCUT2D eigenvalue weighted by Crippen LogP contribution is 2.11. The number of ether oxygens (including phenoxy) is 1. The molecule has 0 saturated heterocycles. The SMILES string of the molecule is NCc1ccc(OCC(=O)Nc2nccnn2)cc1. The Morgan fingerprint density at radius 1 is 1.26 bits per heavy atom. The summed E-state index contributed by atoms with van der Waals surface area (Å²) in [5.74, 6) is 0.393. The lowest BCUT2D eigenvalue weighted by atomic mass is 10.2. The number of anilines is 1. The fourth-order valence-electron chi connectivity index (χ4n) is 1.34. The molecular formula is C12H13N5O2. The first-order valence-electron chi connectivity index (χ1n) is 5.63. The van der Waals surface area contributed by atoms with Gasteiger partial charge in [0, 0.05) is 6.54 Å². The van der Waals surface area contributed by atoms with E-state index in [0.717, 1.165) is 5.56 Å². The molecule has 1 aromatic carbocycles. The lowest BCUT2D eigenvalue weighted by Gasteiger charge is -2.06. The molecule has 2 rings (SSSR count). The highest BCUT2D eigenvalue weighted by Gasteiger charge is 2.05. The zero-order valence-corrected chi connectivity index (χ0v) is 10.1. The van der Waals surface area contributed by atoms with Crippen LogP contribution in [0.2, 0.25) is 0 Å². The Morgan fingerprint density at radius 2 is 2.05 bits per heavy atom. The summed E-state index contributed by atoms with van der Waals surface area (Å²) in [6.07, 6.45) is 2.86. The third-order valence-electron chi connectivity index (χ3n) is 2.26. The van der Waals surface area contributed by atoms with Gasteiger partial charge in [0.1, 0.15) is 5.75 Å². The molecule has 1 aromatic heterocycles. The lowest BCUT2D eigenvalue weighted by molar-refractivity contribution is -0.118. The van der Waals surface area contributed by atoms with Crippen LogP contribution in [0.4, 0.5) is 5.95 Å². The summed E-state index contributed by atoms with van der Waals surface area (Å²) in [7, 11) is 0. The molecule has 0 aliphatic heterocycles. The van der Waals surface area contributed by atoms with Gasteiger partial charge in [-0.15, -0.1) is 5.10 Å². The van der Waals surface area contributed by atoms with Crippen LogP contribution in [0, 0.1) is 0 Å². The molecule has 0 radical (unpaired) electrons. The molecule has 2 aromatic rings. The summed E-state index contributed by atoms with van der Waals surface area (Å²) >= 11 is 0. The Labute approximate surface area is 109 Å². The second-order valence-corrected chi connectivity index (χ2v) is 3.65. The number of amides is 1. The van der Waals surface area contributed by atoms with Gasteiger partial charge in [0.2, 0.25) is 5.95 Å². The van der Waals surface area contributed by atoms with Gasteiger partial charge in [0.15, 0.2) is 6.61 Å². The molecule has 0 aliphatic carbocycles. The van der Waals surface area contributed by atoms with Crippen LogP contribution < -0.4 is 15.8 Å². The summed E-state index contributed by atoms with van der Waals surface area (Å²) in [6, 6.07) is 7.21. The zero-order valence-electron chi connectivity index (χ0n) is 10.1. The summed E-state index contributed by atoms with van der Waals surface area (Å²) in [4.78, 5) is 15.4. The van der Waals surface area contributed by atoms with E-state index >= 15 is 0 Å². The fourth-order valence-corrected chi connectivity index (χ4v) is 1.34. The molecule has 0 saturated carbocycles. The number of nitrogens with one attached hydrogen (secondary N) is 1. The van der Waals surface area contributed by atoms with Crippen LogP contribution in [0.3, 0.4) is 0 Å². The van der Waals surface area contributed by atoms with E-state index in [1.807, 2.05) is 12.1 Å². The van der Waals surface area contributed by atoms with Crippen LogP contribution in [0.5, 0.6) is 5.75 Å². The van der Waals surface area contributed by atoms with Crippen LogP contribution in [0.1, 0.15) is 5.56 Å². The van der Waals surface area contributed by atoms with Crippen LogP contribution >= 0.6 is 0 Å². The minimum atomic E-state index is -0.351. The minimum absolute atomic E-state index is 0.125. The standard InChI is InChI=1S/C12H13N5O2/c13-7-9-1-3-10(4-2-9)19-8-11(18)16-12-14-5-6-15-17-12/h1-6H,7-8,13H2,(H,14,16,17,18). The predicted octanol–water partition coefficient (Wildman–Crippen LogP) is 0.348. The lowest BCUT2D eigenvalue weighted by Crippen LogP contribution is -2.21. The molecule has 0 atom stereocenters. The predicted molar refractivity (Wildman–Crippen MR) is 68.3 cm³/mol. The maximum atomic E-state index is 11.5. The van der Waals surface area contributed by atoms with Crippen molar-refractivity contribution in [3.8, 4) is 5.75 Å². The van der Waals surface area contributed by atoms with Gasteiger partial charge in [0.05, 0.1) is 12.4 Å². The Morgan fingerprint density at radius 3 is 2.68 bits per heavy atom. The first kappa shape index (κ1) is 12.9. The van der Waals surface area contributed by atoms with Crippen molar-refractivity contribution in [1.82, 2.24) is 15.2 Å². The highest BCUT2D eigenvalue weighted by molar-refractivity contribution is 5.90.